The molecule has 0 aromatic rings. The van der Waals surface area contributed by atoms with Gasteiger partial charge in [-0.15, -0.1) is 23.6 Å². The van der Waals surface area contributed by atoms with Crippen LogP contribution in [0.2, 0.25) is 0 Å². The van der Waals surface area contributed by atoms with Crippen LogP contribution in [0.1, 0.15) is 110 Å². The van der Waals surface area contributed by atoms with Crippen LogP contribution in [0.3, 0.4) is 0 Å². The Balaban J connectivity index is 2.28. The number of rotatable bonds is 21. The van der Waals surface area contributed by atoms with Gasteiger partial charge in [0.15, 0.2) is 0 Å². The van der Waals surface area contributed by atoms with Crippen molar-refractivity contribution in [1.29, 1.82) is 0 Å². The van der Waals surface area contributed by atoms with Gasteiger partial charge in [-0.25, -0.2) is 8.42 Å². The van der Waals surface area contributed by atoms with E-state index in [1.54, 1.807) is 0 Å². The highest BCUT2D eigenvalue weighted by Gasteiger charge is 2.72. The maximum atomic E-state index is 12.9. The molecule has 202 valence electrons. The predicted octanol–water partition coefficient (Wildman–Crippen LogP) is 5.81. The first-order valence-electron chi connectivity index (χ1n) is 12.9. The van der Waals surface area contributed by atoms with Gasteiger partial charge in [0.1, 0.15) is 5.02 Å². The van der Waals surface area contributed by atoms with E-state index in [0.29, 0.717) is 6.42 Å². The lowest BCUT2D eigenvalue weighted by atomic mass is 10.0. The molecule has 2 atom stereocenters. The van der Waals surface area contributed by atoms with Crippen LogP contribution < -0.4 is 0 Å². The monoisotopic (exact) mass is 575 g/mol. The zero-order chi connectivity index (χ0) is 25.5. The Morgan fingerprint density at radius 2 is 1.09 bits per heavy atom. The first-order valence-corrected chi connectivity index (χ1v) is 19.3. The molecule has 1 saturated heterocycles. The van der Waals surface area contributed by atoms with Crippen molar-refractivity contribution in [2.24, 2.45) is 0 Å². The number of carbonyl (C=O) groups excluding carboxylic acids is 1. The number of ether oxygens (including phenoxy) is 2. The summed E-state index contributed by atoms with van der Waals surface area (Å²) in [6.07, 6.45) is 20.0. The summed E-state index contributed by atoms with van der Waals surface area (Å²) in [6, 6.07) is 0. The number of sulfonamides is 1. The highest BCUT2D eigenvalue weighted by molar-refractivity contribution is 8.10. The first-order chi connectivity index (χ1) is 16.3. The van der Waals surface area contributed by atoms with E-state index in [1.165, 1.54) is 95.6 Å². The quantitative estimate of drug-likeness (QED) is 0.0972. The molecule has 0 saturated carbocycles. The van der Waals surface area contributed by atoms with Crippen LogP contribution in [0.25, 0.3) is 0 Å². The molecule has 1 fully saturated rings. The van der Waals surface area contributed by atoms with Gasteiger partial charge in [-0.1, -0.05) is 103 Å². The van der Waals surface area contributed by atoms with E-state index >= 15 is 0 Å². The van der Waals surface area contributed by atoms with Gasteiger partial charge in [0.25, 0.3) is 15.8 Å². The van der Waals surface area contributed by atoms with Crippen molar-refractivity contribution in [3.05, 3.63) is 0 Å². The Kier molecular flexibility index (Phi) is 16.7. The number of carbonyl (C=O) groups is 1. The third-order valence-corrected chi connectivity index (χ3v) is 15.8. The molecule has 0 aromatic heterocycles. The Bertz CT molecular complexity index is 724. The van der Waals surface area contributed by atoms with E-state index in [0.717, 1.165) is 19.3 Å². The molecule has 0 spiro atoms. The molecule has 0 radical (unpaired) electrons. The maximum Gasteiger partial charge on any atom is 0.323 e. The summed E-state index contributed by atoms with van der Waals surface area (Å²) >= 11 is 10.7. The largest absolute Gasteiger partial charge is 0.344 e. The fourth-order valence-corrected chi connectivity index (χ4v) is 13.8. The summed E-state index contributed by atoms with van der Waals surface area (Å²) in [5, 5.41) is -2.26. The van der Waals surface area contributed by atoms with E-state index < -0.39 is 40.7 Å². The molecule has 34 heavy (non-hydrogen) atoms. The van der Waals surface area contributed by atoms with Crippen molar-refractivity contribution < 1.29 is 22.7 Å². The van der Waals surface area contributed by atoms with E-state index in [9.17, 15) is 13.2 Å². The van der Waals surface area contributed by atoms with Gasteiger partial charge in [0, 0.05) is 20.8 Å². The molecule has 1 aliphatic heterocycles. The van der Waals surface area contributed by atoms with Crippen molar-refractivity contribution in [2.75, 3.05) is 20.8 Å². The van der Waals surface area contributed by atoms with Crippen LogP contribution >= 0.6 is 14.7 Å². The lowest BCUT2D eigenvalue weighted by molar-refractivity contribution is -0.207. The molecule has 2 unspecified atom stereocenters. The Morgan fingerprint density at radius 3 is 1.41 bits per heavy atom. The average molecular weight is 576 g/mol. The maximum absolute atomic E-state index is 12.9. The van der Waals surface area contributed by atoms with E-state index in [2.05, 4.69) is 6.92 Å². The second kappa shape index (κ2) is 17.3. The number of unbranched alkanes of at least 4 members (excludes halogenated alkanes) is 15. The molecule has 1 heterocycles. The van der Waals surface area contributed by atoms with Gasteiger partial charge in [-0.2, -0.15) is 4.31 Å². The summed E-state index contributed by atoms with van der Waals surface area (Å²) in [7, 11) is -3.40. The van der Waals surface area contributed by atoms with Crippen molar-refractivity contribution >= 4 is 53.5 Å². The molecule has 0 N–H and O–H groups in total. The lowest BCUT2D eigenvalue weighted by Crippen LogP contribution is -2.55. The Morgan fingerprint density at radius 1 is 0.735 bits per heavy atom. The van der Waals surface area contributed by atoms with Crippen molar-refractivity contribution in [2.45, 2.75) is 120 Å². The molecular weight excluding hydrogens is 528 g/mol. The minimum atomic E-state index is -4.20. The molecule has 0 bridgehead atoms. The second-order valence-corrected chi connectivity index (χ2v) is 15.3. The van der Waals surface area contributed by atoms with Gasteiger partial charge >= 0.3 is 5.12 Å². The molecule has 11 heteroatoms. The first kappa shape index (κ1) is 32.8. The fourth-order valence-electron chi connectivity index (χ4n) is 4.78. The minimum Gasteiger partial charge on any atom is -0.344 e. The van der Waals surface area contributed by atoms with Crippen molar-refractivity contribution in [1.82, 2.24) is 4.31 Å². The molecule has 1 rings (SSSR count). The summed E-state index contributed by atoms with van der Waals surface area (Å²) in [4.78, 5) is 12.8. The van der Waals surface area contributed by atoms with Gasteiger partial charge in [0.2, 0.25) is 0 Å². The standard InChI is InChI=1S/C23H47NO5P2S3/c1-4-5-6-7-8-9-10-11-12-13-14-15-16-17-18-19-20-24-23(30-32,31-33)22(28-2,29-3)21(25)34(24,26)27/h4-20,30-31H2,1-3H3. The zero-order valence-corrected chi connectivity index (χ0v) is 26.1. The normalized spacial score (nSPS) is 22.6. The van der Waals surface area contributed by atoms with E-state index in [4.69, 9.17) is 33.1 Å². The van der Waals surface area contributed by atoms with Crippen molar-refractivity contribution in [3.63, 3.8) is 0 Å². The minimum absolute atomic E-state index is 0.244. The van der Waals surface area contributed by atoms with Gasteiger partial charge < -0.3 is 9.47 Å². The van der Waals surface area contributed by atoms with Gasteiger partial charge in [0.05, 0.1) is 0 Å². The topological polar surface area (TPSA) is 72.9 Å². The molecule has 0 amide bonds. The Hall–Kier alpha value is 0.800. The third-order valence-electron chi connectivity index (χ3n) is 6.88. The zero-order valence-electron chi connectivity index (χ0n) is 21.4. The molecule has 0 aromatic carbocycles. The number of hydrogen-bond acceptors (Lipinski definition) is 7. The molecule has 1 aliphatic rings. The highest BCUT2D eigenvalue weighted by atomic mass is 32.4. The van der Waals surface area contributed by atoms with Crippen LogP contribution in [0.5, 0.6) is 0 Å². The molecular formula is C23H47NO5P2S3. The number of methoxy groups -OCH3 is 2. The average Bonchev–Trinajstić information content (AvgIpc) is 2.98. The Labute approximate surface area is 221 Å². The van der Waals surface area contributed by atoms with E-state index in [1.807, 2.05) is 0 Å². The predicted molar refractivity (Wildman–Crippen MR) is 154 cm³/mol. The van der Waals surface area contributed by atoms with Crippen LogP contribution in [-0.4, -0.2) is 49.4 Å². The third kappa shape index (κ3) is 8.15. The lowest BCUT2D eigenvalue weighted by Gasteiger charge is -2.39. The SMILES string of the molecule is CCCCCCCCCCCCCCCCCCN1C([PH2]=S)([PH2]=S)C(OC)(OC)C(=O)S1(=O)=O. The van der Waals surface area contributed by atoms with Gasteiger partial charge in [-0.3, -0.25) is 4.79 Å². The van der Waals surface area contributed by atoms with Crippen LogP contribution in [0.4, 0.5) is 0 Å². The summed E-state index contributed by atoms with van der Waals surface area (Å²) in [5.41, 5.74) is 0. The summed E-state index contributed by atoms with van der Waals surface area (Å²) in [6.45, 7) is 2.50. The van der Waals surface area contributed by atoms with E-state index in [-0.39, 0.29) is 6.54 Å². The van der Waals surface area contributed by atoms with Crippen molar-refractivity contribution in [3.8, 4) is 0 Å². The van der Waals surface area contributed by atoms with Crippen LogP contribution in [0.15, 0.2) is 0 Å². The van der Waals surface area contributed by atoms with Gasteiger partial charge in [-0.05, 0) is 21.1 Å². The van der Waals surface area contributed by atoms with Crippen LogP contribution in [-0.2, 0) is 47.9 Å². The van der Waals surface area contributed by atoms with Crippen LogP contribution in [0, 0.1) is 0 Å². The summed E-state index contributed by atoms with van der Waals surface area (Å²) in [5.74, 6) is -1.89. The summed E-state index contributed by atoms with van der Waals surface area (Å²) < 4.78 is 37.8. The fraction of sp³-hybridized carbons (Fsp3) is 0.957. The smallest absolute Gasteiger partial charge is 0.323 e. The molecule has 6 nitrogen and oxygen atoms in total. The highest BCUT2D eigenvalue weighted by Crippen LogP contribution is 2.56. The second-order valence-electron chi connectivity index (χ2n) is 9.25. The number of hydrogen-bond donors (Lipinski definition) is 0. The molecule has 0 aliphatic carbocycles. The number of nitrogens with zero attached hydrogens (tertiary/aromatic N) is 1.